The van der Waals surface area contributed by atoms with Crippen LogP contribution in [0.15, 0.2) is 0 Å². The Hall–Kier alpha value is -0.730. The lowest BCUT2D eigenvalue weighted by molar-refractivity contribution is 0.0900. The smallest absolute Gasteiger partial charge is 0.450 e. The molecule has 0 rings (SSSR count). The van der Waals surface area contributed by atoms with E-state index in [-0.39, 0.29) is 0 Å². The van der Waals surface area contributed by atoms with E-state index in [9.17, 15) is 4.79 Å². The van der Waals surface area contributed by atoms with Gasteiger partial charge in [-0.05, 0) is 6.42 Å². The summed E-state index contributed by atoms with van der Waals surface area (Å²) in [7, 11) is 0. The lowest BCUT2D eigenvalue weighted by atomic mass is 10.2. The summed E-state index contributed by atoms with van der Waals surface area (Å²) < 4.78 is 4.31. The monoisotopic (exact) mass is 146 g/mol. The fourth-order valence-corrected chi connectivity index (χ4v) is 0.688. The van der Waals surface area contributed by atoms with Crippen molar-refractivity contribution in [2.45, 2.75) is 32.6 Å². The summed E-state index contributed by atoms with van der Waals surface area (Å²) in [6.07, 6.45) is 3.05. The molecule has 0 aromatic heterocycles. The summed E-state index contributed by atoms with van der Waals surface area (Å²) in [5.41, 5.74) is 0. The van der Waals surface area contributed by atoms with E-state index in [1.165, 1.54) is 0 Å². The van der Waals surface area contributed by atoms with Crippen molar-refractivity contribution in [2.24, 2.45) is 0 Å². The standard InChI is InChI=1S/C7H14O3/c1-2-3-4-5-6-10-7(8)9/h2-6H2,1H3,(H,8,9). The van der Waals surface area contributed by atoms with Gasteiger partial charge >= 0.3 is 6.16 Å². The molecule has 0 aromatic carbocycles. The first-order valence-corrected chi connectivity index (χ1v) is 3.63. The predicted octanol–water partition coefficient (Wildman–Crippen LogP) is 2.26. The molecule has 0 aliphatic heterocycles. The van der Waals surface area contributed by atoms with Gasteiger partial charge in [0.2, 0.25) is 0 Å². The van der Waals surface area contributed by atoms with E-state index < -0.39 is 6.16 Å². The van der Waals surface area contributed by atoms with Gasteiger partial charge in [-0.25, -0.2) is 4.79 Å². The van der Waals surface area contributed by atoms with E-state index in [0.29, 0.717) is 6.61 Å². The van der Waals surface area contributed by atoms with Gasteiger partial charge in [-0.3, -0.25) is 0 Å². The van der Waals surface area contributed by atoms with Crippen molar-refractivity contribution < 1.29 is 14.6 Å². The van der Waals surface area contributed by atoms with Gasteiger partial charge in [-0.15, -0.1) is 0 Å². The SMILES string of the molecule is CCCCCCOC(=O)O. The molecule has 60 valence electrons. The number of rotatable bonds is 5. The summed E-state index contributed by atoms with van der Waals surface area (Å²) in [6.45, 7) is 2.45. The number of ether oxygens (including phenoxy) is 1. The second-order valence-corrected chi connectivity index (χ2v) is 2.18. The quantitative estimate of drug-likeness (QED) is 0.478. The molecule has 0 radical (unpaired) electrons. The highest BCUT2D eigenvalue weighted by molar-refractivity contribution is 5.56. The molecule has 0 saturated carbocycles. The maximum absolute atomic E-state index is 9.81. The van der Waals surface area contributed by atoms with Crippen molar-refractivity contribution in [3.05, 3.63) is 0 Å². The fourth-order valence-electron chi connectivity index (χ4n) is 0.688. The molecule has 10 heavy (non-hydrogen) atoms. The maximum Gasteiger partial charge on any atom is 0.505 e. The van der Waals surface area contributed by atoms with Crippen molar-refractivity contribution in [1.82, 2.24) is 0 Å². The fraction of sp³-hybridized carbons (Fsp3) is 0.857. The van der Waals surface area contributed by atoms with Gasteiger partial charge in [0.1, 0.15) is 0 Å². The van der Waals surface area contributed by atoms with E-state index in [1.807, 2.05) is 0 Å². The average Bonchev–Trinajstić information content (AvgIpc) is 1.87. The highest BCUT2D eigenvalue weighted by atomic mass is 16.7. The summed E-state index contributed by atoms with van der Waals surface area (Å²) in [4.78, 5) is 9.81. The second-order valence-electron chi connectivity index (χ2n) is 2.18. The molecule has 0 spiro atoms. The Morgan fingerprint density at radius 1 is 1.40 bits per heavy atom. The van der Waals surface area contributed by atoms with Crippen LogP contribution in [-0.4, -0.2) is 17.9 Å². The first kappa shape index (κ1) is 9.27. The van der Waals surface area contributed by atoms with Crippen molar-refractivity contribution in [1.29, 1.82) is 0 Å². The Bertz CT molecular complexity index is 90.9. The van der Waals surface area contributed by atoms with Crippen LogP contribution in [0.1, 0.15) is 32.6 Å². The Kier molecular flexibility index (Phi) is 5.92. The van der Waals surface area contributed by atoms with E-state index in [2.05, 4.69) is 11.7 Å². The van der Waals surface area contributed by atoms with Crippen LogP contribution in [0.3, 0.4) is 0 Å². The zero-order chi connectivity index (χ0) is 7.82. The minimum atomic E-state index is -1.17. The van der Waals surface area contributed by atoms with Crippen LogP contribution in [0, 0.1) is 0 Å². The molecule has 0 aromatic rings. The molecule has 0 amide bonds. The average molecular weight is 146 g/mol. The number of hydrogen-bond donors (Lipinski definition) is 1. The lowest BCUT2D eigenvalue weighted by Gasteiger charge is -1.98. The Balaban J connectivity index is 2.84. The molecular formula is C7H14O3. The van der Waals surface area contributed by atoms with E-state index >= 15 is 0 Å². The molecule has 3 heteroatoms. The number of carbonyl (C=O) groups is 1. The van der Waals surface area contributed by atoms with E-state index in [1.54, 1.807) is 0 Å². The van der Waals surface area contributed by atoms with Gasteiger partial charge in [0, 0.05) is 0 Å². The normalized spacial score (nSPS) is 9.30. The van der Waals surface area contributed by atoms with Gasteiger partial charge in [0.05, 0.1) is 6.61 Å². The zero-order valence-electron chi connectivity index (χ0n) is 6.30. The third-order valence-electron chi connectivity index (χ3n) is 1.22. The third-order valence-corrected chi connectivity index (χ3v) is 1.22. The van der Waals surface area contributed by atoms with Crippen LogP contribution in [-0.2, 0) is 4.74 Å². The number of hydrogen-bond acceptors (Lipinski definition) is 2. The molecule has 0 fully saturated rings. The molecule has 0 heterocycles. The number of unbranched alkanes of at least 4 members (excludes halogenated alkanes) is 3. The van der Waals surface area contributed by atoms with Crippen molar-refractivity contribution in [2.75, 3.05) is 6.61 Å². The maximum atomic E-state index is 9.81. The van der Waals surface area contributed by atoms with Crippen LogP contribution in [0.5, 0.6) is 0 Å². The van der Waals surface area contributed by atoms with E-state index in [4.69, 9.17) is 5.11 Å². The molecule has 3 nitrogen and oxygen atoms in total. The first-order valence-electron chi connectivity index (χ1n) is 3.63. The lowest BCUT2D eigenvalue weighted by Crippen LogP contribution is -2.01. The van der Waals surface area contributed by atoms with Gasteiger partial charge in [-0.1, -0.05) is 26.2 Å². The largest absolute Gasteiger partial charge is 0.505 e. The van der Waals surface area contributed by atoms with Crippen molar-refractivity contribution >= 4 is 6.16 Å². The Morgan fingerprint density at radius 3 is 2.60 bits per heavy atom. The highest BCUT2D eigenvalue weighted by Gasteiger charge is 1.93. The van der Waals surface area contributed by atoms with Gasteiger partial charge < -0.3 is 9.84 Å². The minimum absolute atomic E-state index is 0.343. The van der Waals surface area contributed by atoms with Gasteiger partial charge in [0.15, 0.2) is 0 Å². The Labute approximate surface area is 61.0 Å². The molecule has 1 N–H and O–H groups in total. The second kappa shape index (κ2) is 6.39. The molecule has 0 bridgehead atoms. The van der Waals surface area contributed by atoms with Gasteiger partial charge in [0.25, 0.3) is 0 Å². The summed E-state index contributed by atoms with van der Waals surface area (Å²) in [6, 6.07) is 0. The zero-order valence-corrected chi connectivity index (χ0v) is 6.30. The molecule has 0 saturated heterocycles. The van der Waals surface area contributed by atoms with Crippen LogP contribution in [0.2, 0.25) is 0 Å². The van der Waals surface area contributed by atoms with Crippen LogP contribution >= 0.6 is 0 Å². The minimum Gasteiger partial charge on any atom is -0.450 e. The summed E-state index contributed by atoms with van der Waals surface area (Å²) in [5.74, 6) is 0. The molecule has 0 unspecified atom stereocenters. The summed E-state index contributed by atoms with van der Waals surface area (Å²) >= 11 is 0. The number of carboxylic acid groups (broad SMARTS) is 1. The third kappa shape index (κ3) is 7.27. The van der Waals surface area contributed by atoms with E-state index in [0.717, 1.165) is 25.7 Å². The van der Waals surface area contributed by atoms with Crippen molar-refractivity contribution in [3.8, 4) is 0 Å². The summed E-state index contributed by atoms with van der Waals surface area (Å²) in [5, 5.41) is 8.05. The van der Waals surface area contributed by atoms with Crippen LogP contribution in [0.4, 0.5) is 4.79 Å². The van der Waals surface area contributed by atoms with Gasteiger partial charge in [-0.2, -0.15) is 0 Å². The molecular weight excluding hydrogens is 132 g/mol. The van der Waals surface area contributed by atoms with Crippen LogP contribution < -0.4 is 0 Å². The molecule has 0 atom stereocenters. The topological polar surface area (TPSA) is 46.5 Å². The highest BCUT2D eigenvalue weighted by Crippen LogP contribution is 1.98. The van der Waals surface area contributed by atoms with Crippen LogP contribution in [0.25, 0.3) is 0 Å². The first-order chi connectivity index (χ1) is 4.77. The Morgan fingerprint density at radius 2 is 2.10 bits per heavy atom. The van der Waals surface area contributed by atoms with Crippen molar-refractivity contribution in [3.63, 3.8) is 0 Å². The predicted molar refractivity (Wildman–Crippen MR) is 38.1 cm³/mol. The molecule has 0 aliphatic carbocycles. The molecule has 0 aliphatic rings.